The van der Waals surface area contributed by atoms with Gasteiger partial charge in [0.05, 0.1) is 7.11 Å². The average molecular weight is 298 g/mol. The topological polar surface area (TPSA) is 58.6 Å². The molecule has 6 heteroatoms. The molecular formula is C16H18N4O2. The Morgan fingerprint density at radius 3 is 2.50 bits per heavy atom. The average Bonchev–Trinajstić information content (AvgIpc) is 2.62. The number of anilines is 1. The van der Waals surface area contributed by atoms with E-state index in [1.807, 2.05) is 23.1 Å². The quantitative estimate of drug-likeness (QED) is 0.858. The van der Waals surface area contributed by atoms with Crippen molar-refractivity contribution in [3.8, 4) is 5.88 Å². The highest BCUT2D eigenvalue weighted by Crippen LogP contribution is 2.18. The van der Waals surface area contributed by atoms with Crippen LogP contribution >= 0.6 is 0 Å². The highest BCUT2D eigenvalue weighted by Gasteiger charge is 2.24. The van der Waals surface area contributed by atoms with Crippen molar-refractivity contribution in [3.63, 3.8) is 0 Å². The summed E-state index contributed by atoms with van der Waals surface area (Å²) in [5.74, 6) is 1.29. The second-order valence-electron chi connectivity index (χ2n) is 5.03. The molecule has 2 aromatic heterocycles. The monoisotopic (exact) mass is 298 g/mol. The molecule has 6 nitrogen and oxygen atoms in total. The van der Waals surface area contributed by atoms with Crippen LogP contribution in [0.15, 0.2) is 42.7 Å². The van der Waals surface area contributed by atoms with E-state index in [0.717, 1.165) is 18.9 Å². The van der Waals surface area contributed by atoms with Crippen LogP contribution in [0.25, 0.3) is 0 Å². The molecule has 3 rings (SSSR count). The lowest BCUT2D eigenvalue weighted by atomic mass is 10.2. The SMILES string of the molecule is COc1ncccc1C(=O)N1CCN(c2ccccn2)CC1. The van der Waals surface area contributed by atoms with E-state index in [9.17, 15) is 4.79 Å². The van der Waals surface area contributed by atoms with E-state index in [-0.39, 0.29) is 5.91 Å². The lowest BCUT2D eigenvalue weighted by molar-refractivity contribution is 0.0742. The van der Waals surface area contributed by atoms with Crippen molar-refractivity contribution < 1.29 is 9.53 Å². The molecule has 0 aromatic carbocycles. The Balaban J connectivity index is 1.67. The van der Waals surface area contributed by atoms with Gasteiger partial charge in [0.2, 0.25) is 5.88 Å². The number of ether oxygens (including phenoxy) is 1. The number of pyridine rings is 2. The maximum atomic E-state index is 12.6. The Bertz CT molecular complexity index is 640. The number of carbonyl (C=O) groups excluding carboxylic acids is 1. The lowest BCUT2D eigenvalue weighted by Gasteiger charge is -2.35. The maximum absolute atomic E-state index is 12.6. The summed E-state index contributed by atoms with van der Waals surface area (Å²) < 4.78 is 5.17. The van der Waals surface area contributed by atoms with Gasteiger partial charge in [-0.15, -0.1) is 0 Å². The Hall–Kier alpha value is -2.63. The van der Waals surface area contributed by atoms with Gasteiger partial charge in [-0.05, 0) is 24.3 Å². The highest BCUT2D eigenvalue weighted by molar-refractivity contribution is 5.96. The first kappa shape index (κ1) is 14.3. The third kappa shape index (κ3) is 2.86. The third-order valence-electron chi connectivity index (χ3n) is 3.74. The summed E-state index contributed by atoms with van der Waals surface area (Å²) in [6.07, 6.45) is 3.40. The molecule has 1 amide bonds. The molecule has 0 atom stereocenters. The van der Waals surface area contributed by atoms with Crippen LogP contribution in [0.4, 0.5) is 5.82 Å². The molecule has 0 radical (unpaired) electrons. The van der Waals surface area contributed by atoms with Gasteiger partial charge in [0.25, 0.3) is 5.91 Å². The number of rotatable bonds is 3. The first-order valence-corrected chi connectivity index (χ1v) is 7.24. The molecule has 1 fully saturated rings. The Morgan fingerprint density at radius 1 is 1.05 bits per heavy atom. The summed E-state index contributed by atoms with van der Waals surface area (Å²) in [7, 11) is 1.53. The number of hydrogen-bond acceptors (Lipinski definition) is 5. The van der Waals surface area contributed by atoms with Gasteiger partial charge in [-0.2, -0.15) is 0 Å². The minimum atomic E-state index is -0.0365. The van der Waals surface area contributed by atoms with Gasteiger partial charge in [0, 0.05) is 38.6 Å². The van der Waals surface area contributed by atoms with E-state index in [1.165, 1.54) is 7.11 Å². The van der Waals surface area contributed by atoms with Crippen LogP contribution < -0.4 is 9.64 Å². The standard InChI is InChI=1S/C16H18N4O2/c1-22-15-13(5-4-8-18-15)16(21)20-11-9-19(10-12-20)14-6-2-3-7-17-14/h2-8H,9-12H2,1H3. The second kappa shape index (κ2) is 6.43. The Labute approximate surface area is 129 Å². The minimum absolute atomic E-state index is 0.0365. The van der Waals surface area contributed by atoms with Crippen LogP contribution in [0.5, 0.6) is 5.88 Å². The molecular weight excluding hydrogens is 280 g/mol. The minimum Gasteiger partial charge on any atom is -0.480 e. The molecule has 0 saturated carbocycles. The van der Waals surface area contributed by atoms with E-state index in [4.69, 9.17) is 4.74 Å². The predicted molar refractivity (Wildman–Crippen MR) is 83.1 cm³/mol. The maximum Gasteiger partial charge on any atom is 0.259 e. The van der Waals surface area contributed by atoms with Crippen molar-refractivity contribution in [2.24, 2.45) is 0 Å². The molecule has 114 valence electrons. The lowest BCUT2D eigenvalue weighted by Crippen LogP contribution is -2.49. The van der Waals surface area contributed by atoms with Gasteiger partial charge < -0.3 is 14.5 Å². The number of aromatic nitrogens is 2. The molecule has 3 heterocycles. The van der Waals surface area contributed by atoms with Gasteiger partial charge in [0.1, 0.15) is 11.4 Å². The smallest absolute Gasteiger partial charge is 0.259 e. The number of amides is 1. The van der Waals surface area contributed by atoms with Gasteiger partial charge in [-0.25, -0.2) is 9.97 Å². The summed E-state index contributed by atoms with van der Waals surface area (Å²) in [6.45, 7) is 2.86. The van der Waals surface area contributed by atoms with E-state index in [2.05, 4.69) is 14.9 Å². The molecule has 1 aliphatic heterocycles. The van der Waals surface area contributed by atoms with Crippen molar-refractivity contribution in [2.75, 3.05) is 38.2 Å². The summed E-state index contributed by atoms with van der Waals surface area (Å²) in [5, 5.41) is 0. The normalized spacial score (nSPS) is 14.8. The van der Waals surface area contributed by atoms with Crippen LogP contribution in [0.1, 0.15) is 10.4 Å². The third-order valence-corrected chi connectivity index (χ3v) is 3.74. The molecule has 0 bridgehead atoms. The first-order valence-electron chi connectivity index (χ1n) is 7.24. The summed E-state index contributed by atoms with van der Waals surface area (Å²) in [6, 6.07) is 9.36. The molecule has 0 spiro atoms. The van der Waals surface area contributed by atoms with Crippen LogP contribution in [-0.4, -0.2) is 54.1 Å². The zero-order chi connectivity index (χ0) is 15.4. The molecule has 0 aliphatic carbocycles. The number of nitrogens with zero attached hydrogens (tertiary/aromatic N) is 4. The van der Waals surface area contributed by atoms with Crippen molar-refractivity contribution >= 4 is 11.7 Å². The first-order chi connectivity index (χ1) is 10.8. The molecule has 1 aliphatic rings. The summed E-state index contributed by atoms with van der Waals surface area (Å²) in [4.78, 5) is 25.0. The number of piperazine rings is 1. The summed E-state index contributed by atoms with van der Waals surface area (Å²) >= 11 is 0. The fourth-order valence-electron chi connectivity index (χ4n) is 2.57. The van der Waals surface area contributed by atoms with Crippen molar-refractivity contribution in [3.05, 3.63) is 48.3 Å². The molecule has 2 aromatic rings. The largest absolute Gasteiger partial charge is 0.480 e. The van der Waals surface area contributed by atoms with Crippen LogP contribution in [0.2, 0.25) is 0 Å². The Morgan fingerprint density at radius 2 is 1.82 bits per heavy atom. The fraction of sp³-hybridized carbons (Fsp3) is 0.312. The molecule has 0 N–H and O–H groups in total. The molecule has 0 unspecified atom stereocenters. The Kier molecular flexibility index (Phi) is 4.18. The second-order valence-corrected chi connectivity index (χ2v) is 5.03. The van der Waals surface area contributed by atoms with E-state index >= 15 is 0 Å². The van der Waals surface area contributed by atoms with E-state index in [0.29, 0.717) is 24.5 Å². The van der Waals surface area contributed by atoms with Crippen LogP contribution in [0, 0.1) is 0 Å². The number of hydrogen-bond donors (Lipinski definition) is 0. The van der Waals surface area contributed by atoms with Gasteiger partial charge >= 0.3 is 0 Å². The molecule has 22 heavy (non-hydrogen) atoms. The van der Waals surface area contributed by atoms with Gasteiger partial charge in [0.15, 0.2) is 0 Å². The van der Waals surface area contributed by atoms with Crippen LogP contribution in [0.3, 0.4) is 0 Å². The van der Waals surface area contributed by atoms with E-state index < -0.39 is 0 Å². The van der Waals surface area contributed by atoms with Crippen LogP contribution in [-0.2, 0) is 0 Å². The zero-order valence-corrected chi connectivity index (χ0v) is 12.5. The van der Waals surface area contributed by atoms with Gasteiger partial charge in [-0.3, -0.25) is 4.79 Å². The fourth-order valence-corrected chi connectivity index (χ4v) is 2.57. The van der Waals surface area contributed by atoms with E-state index in [1.54, 1.807) is 24.5 Å². The van der Waals surface area contributed by atoms with Crippen molar-refractivity contribution in [1.29, 1.82) is 0 Å². The molecule has 1 saturated heterocycles. The zero-order valence-electron chi connectivity index (χ0n) is 12.5. The van der Waals surface area contributed by atoms with Gasteiger partial charge in [-0.1, -0.05) is 6.07 Å². The number of carbonyl (C=O) groups is 1. The van der Waals surface area contributed by atoms with Crippen molar-refractivity contribution in [2.45, 2.75) is 0 Å². The summed E-state index contributed by atoms with van der Waals surface area (Å²) in [5.41, 5.74) is 0.510. The number of methoxy groups -OCH3 is 1. The highest BCUT2D eigenvalue weighted by atomic mass is 16.5. The van der Waals surface area contributed by atoms with Crippen molar-refractivity contribution in [1.82, 2.24) is 14.9 Å². The predicted octanol–water partition coefficient (Wildman–Crippen LogP) is 1.45.